The normalized spacial score (nSPS) is 13.3. The molecule has 1 aromatic heterocycles. The van der Waals surface area contributed by atoms with Crippen LogP contribution >= 0.6 is 0 Å². The molecule has 0 unspecified atom stereocenters. The Kier molecular flexibility index (Phi) is 2.87. The van der Waals surface area contributed by atoms with Gasteiger partial charge in [0.15, 0.2) is 11.5 Å². The Morgan fingerprint density at radius 2 is 2.11 bits per heavy atom. The van der Waals surface area contributed by atoms with Crippen LogP contribution in [0.4, 0.5) is 0 Å². The number of ether oxygens (including phenoxy) is 2. The molecular formula is C13H15N3O3. The predicted octanol–water partition coefficient (Wildman–Crippen LogP) is 1.75. The SMILES string of the molecule is CC(C)n1nnc(CO)c1-c1ccc2c(c1)OCO2. The van der Waals surface area contributed by atoms with Crippen LogP contribution in [0.5, 0.6) is 11.5 Å². The molecule has 2 aromatic rings. The highest BCUT2D eigenvalue weighted by atomic mass is 16.7. The number of fused-ring (bicyclic) bond motifs is 1. The van der Waals surface area contributed by atoms with Crippen molar-refractivity contribution in [3.05, 3.63) is 23.9 Å². The van der Waals surface area contributed by atoms with E-state index in [2.05, 4.69) is 10.3 Å². The van der Waals surface area contributed by atoms with Gasteiger partial charge in [0.25, 0.3) is 0 Å². The minimum absolute atomic E-state index is 0.142. The summed E-state index contributed by atoms with van der Waals surface area (Å²) in [4.78, 5) is 0. The van der Waals surface area contributed by atoms with E-state index in [-0.39, 0.29) is 19.4 Å². The second kappa shape index (κ2) is 4.55. The molecule has 0 radical (unpaired) electrons. The number of aliphatic hydroxyl groups is 1. The molecule has 6 nitrogen and oxygen atoms in total. The van der Waals surface area contributed by atoms with Crippen molar-refractivity contribution in [2.45, 2.75) is 26.5 Å². The van der Waals surface area contributed by atoms with Gasteiger partial charge >= 0.3 is 0 Å². The lowest BCUT2D eigenvalue weighted by Crippen LogP contribution is -2.05. The zero-order chi connectivity index (χ0) is 13.4. The van der Waals surface area contributed by atoms with Gasteiger partial charge < -0.3 is 14.6 Å². The van der Waals surface area contributed by atoms with E-state index in [0.717, 1.165) is 17.0 Å². The molecule has 0 amide bonds. The van der Waals surface area contributed by atoms with Crippen LogP contribution in [0.3, 0.4) is 0 Å². The fourth-order valence-corrected chi connectivity index (χ4v) is 2.14. The van der Waals surface area contributed by atoms with E-state index >= 15 is 0 Å². The molecule has 1 N–H and O–H groups in total. The topological polar surface area (TPSA) is 69.4 Å². The predicted molar refractivity (Wildman–Crippen MR) is 67.9 cm³/mol. The van der Waals surface area contributed by atoms with Gasteiger partial charge in [0.05, 0.1) is 12.3 Å². The van der Waals surface area contributed by atoms with Crippen LogP contribution < -0.4 is 9.47 Å². The summed E-state index contributed by atoms with van der Waals surface area (Å²) >= 11 is 0. The van der Waals surface area contributed by atoms with Crippen LogP contribution in [-0.2, 0) is 6.61 Å². The van der Waals surface area contributed by atoms with Crippen molar-refractivity contribution in [2.24, 2.45) is 0 Å². The zero-order valence-electron chi connectivity index (χ0n) is 10.8. The third kappa shape index (κ3) is 1.94. The molecule has 100 valence electrons. The number of hydrogen-bond donors (Lipinski definition) is 1. The highest BCUT2D eigenvalue weighted by Crippen LogP contribution is 2.37. The molecule has 6 heteroatoms. The summed E-state index contributed by atoms with van der Waals surface area (Å²) in [5.41, 5.74) is 2.29. The Bertz CT molecular complexity index is 607. The van der Waals surface area contributed by atoms with Crippen molar-refractivity contribution in [1.82, 2.24) is 15.0 Å². The van der Waals surface area contributed by atoms with Crippen LogP contribution in [0.25, 0.3) is 11.3 Å². The van der Waals surface area contributed by atoms with E-state index < -0.39 is 0 Å². The lowest BCUT2D eigenvalue weighted by atomic mass is 10.1. The van der Waals surface area contributed by atoms with Gasteiger partial charge in [-0.2, -0.15) is 0 Å². The van der Waals surface area contributed by atoms with E-state index in [0.29, 0.717) is 11.4 Å². The largest absolute Gasteiger partial charge is 0.454 e. The molecule has 0 saturated heterocycles. The smallest absolute Gasteiger partial charge is 0.231 e. The summed E-state index contributed by atoms with van der Waals surface area (Å²) in [7, 11) is 0. The third-order valence-corrected chi connectivity index (χ3v) is 3.05. The molecule has 0 bridgehead atoms. The first kappa shape index (κ1) is 12.0. The first-order valence-corrected chi connectivity index (χ1v) is 6.15. The first-order valence-electron chi connectivity index (χ1n) is 6.15. The van der Waals surface area contributed by atoms with Crippen molar-refractivity contribution in [2.75, 3.05) is 6.79 Å². The van der Waals surface area contributed by atoms with Gasteiger partial charge in [-0.15, -0.1) is 5.10 Å². The summed E-state index contributed by atoms with van der Waals surface area (Å²) in [6, 6.07) is 5.83. The maximum absolute atomic E-state index is 9.40. The van der Waals surface area contributed by atoms with Crippen LogP contribution in [0.2, 0.25) is 0 Å². The maximum Gasteiger partial charge on any atom is 0.231 e. The monoisotopic (exact) mass is 261 g/mol. The van der Waals surface area contributed by atoms with Crippen molar-refractivity contribution in [3.8, 4) is 22.8 Å². The zero-order valence-corrected chi connectivity index (χ0v) is 10.8. The average molecular weight is 261 g/mol. The number of aromatic nitrogens is 3. The first-order chi connectivity index (χ1) is 9.20. The van der Waals surface area contributed by atoms with Crippen molar-refractivity contribution in [3.63, 3.8) is 0 Å². The molecule has 1 aliphatic heterocycles. The van der Waals surface area contributed by atoms with Crippen LogP contribution in [-0.4, -0.2) is 26.9 Å². The van der Waals surface area contributed by atoms with Gasteiger partial charge in [0.2, 0.25) is 6.79 Å². The summed E-state index contributed by atoms with van der Waals surface area (Å²) in [6.45, 7) is 4.14. The molecular weight excluding hydrogens is 246 g/mol. The van der Waals surface area contributed by atoms with E-state index in [1.807, 2.05) is 32.0 Å². The minimum Gasteiger partial charge on any atom is -0.454 e. The van der Waals surface area contributed by atoms with Crippen molar-refractivity contribution < 1.29 is 14.6 Å². The summed E-state index contributed by atoms with van der Waals surface area (Å²) in [6.07, 6.45) is 0. The lowest BCUT2D eigenvalue weighted by molar-refractivity contribution is 0.174. The number of hydrogen-bond acceptors (Lipinski definition) is 5. The van der Waals surface area contributed by atoms with Crippen molar-refractivity contribution in [1.29, 1.82) is 0 Å². The number of aliphatic hydroxyl groups excluding tert-OH is 1. The molecule has 0 atom stereocenters. The molecule has 1 aliphatic rings. The van der Waals surface area contributed by atoms with Gasteiger partial charge in [-0.1, -0.05) is 5.21 Å². The highest BCUT2D eigenvalue weighted by Gasteiger charge is 2.20. The Labute approximate surface area is 110 Å². The quantitative estimate of drug-likeness (QED) is 0.911. The molecule has 3 rings (SSSR count). The Hall–Kier alpha value is -2.08. The maximum atomic E-state index is 9.40. The molecule has 0 aliphatic carbocycles. The Morgan fingerprint density at radius 1 is 1.32 bits per heavy atom. The summed E-state index contributed by atoms with van der Waals surface area (Å²) < 4.78 is 12.5. The standard InChI is InChI=1S/C13H15N3O3/c1-8(2)16-13(10(6-17)14-15-16)9-3-4-11-12(5-9)19-7-18-11/h3-5,8,17H,6-7H2,1-2H3. The molecule has 1 aromatic carbocycles. The van der Waals surface area contributed by atoms with Crippen LogP contribution in [0.1, 0.15) is 25.6 Å². The molecule has 0 fully saturated rings. The van der Waals surface area contributed by atoms with Crippen LogP contribution in [0.15, 0.2) is 18.2 Å². The lowest BCUT2D eigenvalue weighted by Gasteiger charge is -2.11. The van der Waals surface area contributed by atoms with Gasteiger partial charge in [-0.05, 0) is 32.0 Å². The fraction of sp³-hybridized carbons (Fsp3) is 0.385. The van der Waals surface area contributed by atoms with E-state index in [9.17, 15) is 5.11 Å². The van der Waals surface area contributed by atoms with Crippen molar-refractivity contribution >= 4 is 0 Å². The molecule has 0 spiro atoms. The summed E-state index contributed by atoms with van der Waals surface area (Å²) in [5.74, 6) is 1.44. The fourth-order valence-electron chi connectivity index (χ4n) is 2.14. The van der Waals surface area contributed by atoms with E-state index in [1.54, 1.807) is 4.68 Å². The van der Waals surface area contributed by atoms with Gasteiger partial charge in [-0.3, -0.25) is 0 Å². The van der Waals surface area contributed by atoms with Gasteiger partial charge in [0.1, 0.15) is 5.69 Å². The summed E-state index contributed by atoms with van der Waals surface area (Å²) in [5, 5.41) is 17.5. The van der Waals surface area contributed by atoms with E-state index in [1.165, 1.54) is 0 Å². The van der Waals surface area contributed by atoms with Gasteiger partial charge in [-0.25, -0.2) is 4.68 Å². The molecule has 2 heterocycles. The second-order valence-electron chi connectivity index (χ2n) is 4.65. The molecule has 19 heavy (non-hydrogen) atoms. The second-order valence-corrected chi connectivity index (χ2v) is 4.65. The Balaban J connectivity index is 2.13. The number of benzene rings is 1. The number of rotatable bonds is 3. The average Bonchev–Trinajstić information content (AvgIpc) is 3.03. The Morgan fingerprint density at radius 3 is 2.84 bits per heavy atom. The minimum atomic E-state index is -0.142. The molecule has 0 saturated carbocycles. The van der Waals surface area contributed by atoms with Gasteiger partial charge in [0, 0.05) is 11.6 Å². The highest BCUT2D eigenvalue weighted by molar-refractivity contribution is 5.66. The third-order valence-electron chi connectivity index (χ3n) is 3.05. The number of nitrogens with zero attached hydrogens (tertiary/aromatic N) is 3. The van der Waals surface area contributed by atoms with Crippen LogP contribution in [0, 0.1) is 0 Å². The van der Waals surface area contributed by atoms with E-state index in [4.69, 9.17) is 9.47 Å².